The summed E-state index contributed by atoms with van der Waals surface area (Å²) in [5.74, 6) is 0.198. The molecule has 1 aliphatic carbocycles. The average molecular weight is 234 g/mol. The van der Waals surface area contributed by atoms with E-state index in [1.165, 1.54) is 0 Å². The van der Waals surface area contributed by atoms with E-state index in [2.05, 4.69) is 0 Å². The molecule has 0 heterocycles. The highest BCUT2D eigenvalue weighted by Crippen LogP contribution is 2.35. The molecular formula is C10H18O4S. The van der Waals surface area contributed by atoms with E-state index in [1.54, 1.807) is 0 Å². The van der Waals surface area contributed by atoms with E-state index < -0.39 is 9.84 Å². The second-order valence-corrected chi connectivity index (χ2v) is 6.32. The van der Waals surface area contributed by atoms with Gasteiger partial charge in [0.2, 0.25) is 0 Å². The van der Waals surface area contributed by atoms with E-state index in [1.807, 2.05) is 6.92 Å². The van der Waals surface area contributed by atoms with Crippen LogP contribution in [0.5, 0.6) is 0 Å². The van der Waals surface area contributed by atoms with Crippen LogP contribution in [0.4, 0.5) is 0 Å². The molecule has 0 aromatic heterocycles. The lowest BCUT2D eigenvalue weighted by Crippen LogP contribution is -2.28. The highest BCUT2D eigenvalue weighted by Gasteiger charge is 2.36. The Balaban J connectivity index is 2.42. The van der Waals surface area contributed by atoms with Crippen molar-refractivity contribution in [1.29, 1.82) is 0 Å². The standard InChI is InChI=1S/C10H18O4S/c1-3-14-10(8-4-5-8)9(11)6-7-15(2,12)13/h8,10H,3-7H2,1-2H3. The lowest BCUT2D eigenvalue weighted by Gasteiger charge is -2.14. The summed E-state index contributed by atoms with van der Waals surface area (Å²) in [7, 11) is -3.05. The van der Waals surface area contributed by atoms with Crippen LogP contribution in [0.25, 0.3) is 0 Å². The Morgan fingerprint density at radius 1 is 1.47 bits per heavy atom. The second kappa shape index (κ2) is 5.07. The first-order valence-corrected chi connectivity index (χ1v) is 7.32. The Labute approximate surface area is 90.9 Å². The molecule has 1 atom stereocenters. The first-order valence-electron chi connectivity index (χ1n) is 5.26. The SMILES string of the molecule is CCOC(C(=O)CCS(C)(=O)=O)C1CC1. The van der Waals surface area contributed by atoms with Gasteiger partial charge in [-0.25, -0.2) is 8.42 Å². The zero-order valence-corrected chi connectivity index (χ0v) is 10.0. The molecule has 0 aliphatic heterocycles. The normalized spacial score (nSPS) is 18.8. The van der Waals surface area contributed by atoms with Crippen molar-refractivity contribution in [3.05, 3.63) is 0 Å². The maximum absolute atomic E-state index is 11.7. The van der Waals surface area contributed by atoms with Crippen molar-refractivity contribution in [3.8, 4) is 0 Å². The second-order valence-electron chi connectivity index (χ2n) is 4.06. The minimum Gasteiger partial charge on any atom is -0.370 e. The Morgan fingerprint density at radius 2 is 2.07 bits per heavy atom. The summed E-state index contributed by atoms with van der Waals surface area (Å²) in [6.45, 7) is 2.35. The summed E-state index contributed by atoms with van der Waals surface area (Å²) < 4.78 is 27.2. The topological polar surface area (TPSA) is 60.4 Å². The number of Topliss-reactive ketones (excluding diaryl/α,β-unsaturated/α-hetero) is 1. The molecule has 15 heavy (non-hydrogen) atoms. The molecule has 0 N–H and O–H groups in total. The first kappa shape index (κ1) is 12.6. The minimum absolute atomic E-state index is 0.0650. The van der Waals surface area contributed by atoms with Crippen molar-refractivity contribution in [3.63, 3.8) is 0 Å². The summed E-state index contributed by atoms with van der Waals surface area (Å²) in [6.07, 6.45) is 2.91. The smallest absolute Gasteiger partial charge is 0.162 e. The molecule has 5 heteroatoms. The third-order valence-corrected chi connectivity index (χ3v) is 3.38. The number of rotatable bonds is 7. The Bertz CT molecular complexity index is 316. The van der Waals surface area contributed by atoms with Crippen LogP contribution in [0.15, 0.2) is 0 Å². The number of hydrogen-bond donors (Lipinski definition) is 0. The summed E-state index contributed by atoms with van der Waals surface area (Å²) in [4.78, 5) is 11.7. The van der Waals surface area contributed by atoms with Crippen molar-refractivity contribution in [2.75, 3.05) is 18.6 Å². The molecule has 1 unspecified atom stereocenters. The van der Waals surface area contributed by atoms with Crippen molar-refractivity contribution < 1.29 is 17.9 Å². The molecule has 1 fully saturated rings. The van der Waals surface area contributed by atoms with Gasteiger partial charge in [0.15, 0.2) is 5.78 Å². The Kier molecular flexibility index (Phi) is 4.28. The molecule has 4 nitrogen and oxygen atoms in total. The van der Waals surface area contributed by atoms with E-state index in [0.29, 0.717) is 12.5 Å². The van der Waals surface area contributed by atoms with E-state index >= 15 is 0 Å². The van der Waals surface area contributed by atoms with Gasteiger partial charge in [0.05, 0.1) is 5.75 Å². The zero-order valence-electron chi connectivity index (χ0n) is 9.23. The van der Waals surface area contributed by atoms with Crippen LogP contribution in [0.3, 0.4) is 0 Å². The van der Waals surface area contributed by atoms with Crippen LogP contribution >= 0.6 is 0 Å². The van der Waals surface area contributed by atoms with Crippen LogP contribution in [-0.4, -0.2) is 38.9 Å². The van der Waals surface area contributed by atoms with Gasteiger partial charge < -0.3 is 4.74 Å². The molecule has 0 bridgehead atoms. The van der Waals surface area contributed by atoms with Crippen LogP contribution in [0.2, 0.25) is 0 Å². The number of carbonyl (C=O) groups is 1. The first-order chi connectivity index (χ1) is 6.94. The van der Waals surface area contributed by atoms with Crippen molar-refractivity contribution >= 4 is 15.6 Å². The van der Waals surface area contributed by atoms with Crippen LogP contribution in [0.1, 0.15) is 26.2 Å². The molecule has 0 aromatic rings. The lowest BCUT2D eigenvalue weighted by atomic mass is 10.1. The summed E-state index contributed by atoms with van der Waals surface area (Å²) in [6, 6.07) is 0. The fraction of sp³-hybridized carbons (Fsp3) is 0.900. The summed E-state index contributed by atoms with van der Waals surface area (Å²) >= 11 is 0. The van der Waals surface area contributed by atoms with Crippen molar-refractivity contribution in [2.45, 2.75) is 32.3 Å². The number of hydrogen-bond acceptors (Lipinski definition) is 4. The van der Waals surface area contributed by atoms with Gasteiger partial charge in [-0.2, -0.15) is 0 Å². The van der Waals surface area contributed by atoms with Crippen molar-refractivity contribution in [1.82, 2.24) is 0 Å². The predicted octanol–water partition coefficient (Wildman–Crippen LogP) is 0.805. The number of carbonyl (C=O) groups excluding carboxylic acids is 1. The molecule has 0 amide bonds. The molecule has 1 aliphatic rings. The molecule has 1 saturated carbocycles. The maximum Gasteiger partial charge on any atom is 0.162 e. The number of ketones is 1. The molecule has 1 rings (SSSR count). The van der Waals surface area contributed by atoms with Crippen molar-refractivity contribution in [2.24, 2.45) is 5.92 Å². The van der Waals surface area contributed by atoms with E-state index in [-0.39, 0.29) is 24.1 Å². The molecule has 88 valence electrons. The molecule has 0 radical (unpaired) electrons. The lowest BCUT2D eigenvalue weighted by molar-refractivity contribution is -0.131. The van der Waals surface area contributed by atoms with E-state index in [4.69, 9.17) is 4.74 Å². The summed E-state index contributed by atoms with van der Waals surface area (Å²) in [5, 5.41) is 0. The zero-order chi connectivity index (χ0) is 11.5. The van der Waals surface area contributed by atoms with Crippen LogP contribution < -0.4 is 0 Å². The molecule has 0 spiro atoms. The Morgan fingerprint density at radius 3 is 2.47 bits per heavy atom. The fourth-order valence-electron chi connectivity index (χ4n) is 1.50. The van der Waals surface area contributed by atoms with Gasteiger partial charge >= 0.3 is 0 Å². The van der Waals surface area contributed by atoms with E-state index in [9.17, 15) is 13.2 Å². The maximum atomic E-state index is 11.7. The summed E-state index contributed by atoms with van der Waals surface area (Å²) in [5.41, 5.74) is 0. The highest BCUT2D eigenvalue weighted by molar-refractivity contribution is 7.90. The monoisotopic (exact) mass is 234 g/mol. The van der Waals surface area contributed by atoms with Gasteiger partial charge in [0.25, 0.3) is 0 Å². The van der Waals surface area contributed by atoms with Gasteiger partial charge in [0.1, 0.15) is 15.9 Å². The predicted molar refractivity (Wildman–Crippen MR) is 57.5 cm³/mol. The van der Waals surface area contributed by atoms with Gasteiger partial charge in [-0.1, -0.05) is 0 Å². The van der Waals surface area contributed by atoms with Crippen LogP contribution in [-0.2, 0) is 19.4 Å². The average Bonchev–Trinajstić information content (AvgIpc) is 2.92. The third kappa shape index (κ3) is 4.75. The fourth-order valence-corrected chi connectivity index (χ4v) is 2.07. The quantitative estimate of drug-likeness (QED) is 0.654. The molecule has 0 aromatic carbocycles. The van der Waals surface area contributed by atoms with Gasteiger partial charge in [-0.05, 0) is 25.7 Å². The highest BCUT2D eigenvalue weighted by atomic mass is 32.2. The van der Waals surface area contributed by atoms with Gasteiger partial charge in [-0.15, -0.1) is 0 Å². The van der Waals surface area contributed by atoms with Gasteiger partial charge in [0, 0.05) is 19.3 Å². The van der Waals surface area contributed by atoms with Crippen LogP contribution in [0, 0.1) is 5.92 Å². The third-order valence-electron chi connectivity index (χ3n) is 2.43. The Hall–Kier alpha value is -0.420. The molecular weight excluding hydrogens is 216 g/mol. The number of sulfone groups is 1. The molecule has 0 saturated heterocycles. The minimum atomic E-state index is -3.05. The largest absolute Gasteiger partial charge is 0.370 e. The van der Waals surface area contributed by atoms with Gasteiger partial charge in [-0.3, -0.25) is 4.79 Å². The van der Waals surface area contributed by atoms with E-state index in [0.717, 1.165) is 19.1 Å². The number of ether oxygens (including phenoxy) is 1.